The van der Waals surface area contributed by atoms with Crippen LogP contribution < -0.4 is 4.74 Å². The van der Waals surface area contributed by atoms with E-state index in [0.29, 0.717) is 11.1 Å². The molecule has 0 amide bonds. The summed E-state index contributed by atoms with van der Waals surface area (Å²) in [6, 6.07) is 11.8. The van der Waals surface area contributed by atoms with Gasteiger partial charge in [-0.15, -0.1) is 0 Å². The maximum absolute atomic E-state index is 13.7. The highest BCUT2D eigenvalue weighted by Gasteiger charge is 2.12. The van der Waals surface area contributed by atoms with E-state index in [1.165, 1.54) is 5.56 Å². The van der Waals surface area contributed by atoms with E-state index < -0.39 is 0 Å². The third-order valence-corrected chi connectivity index (χ3v) is 4.25. The van der Waals surface area contributed by atoms with Crippen molar-refractivity contribution in [1.82, 2.24) is 0 Å². The van der Waals surface area contributed by atoms with Gasteiger partial charge in [0.25, 0.3) is 0 Å². The Morgan fingerprint density at radius 2 is 1.65 bits per heavy atom. The van der Waals surface area contributed by atoms with Gasteiger partial charge in [0.2, 0.25) is 0 Å². The average molecular weight is 337 g/mol. The van der Waals surface area contributed by atoms with Gasteiger partial charge in [0.15, 0.2) is 0 Å². The van der Waals surface area contributed by atoms with Crippen LogP contribution in [0.5, 0.6) is 5.75 Å². The summed E-state index contributed by atoms with van der Waals surface area (Å²) >= 11 is 3.70. The van der Waals surface area contributed by atoms with Crippen LogP contribution in [0.4, 0.5) is 4.39 Å². The summed E-state index contributed by atoms with van der Waals surface area (Å²) < 4.78 is 18.8. The Morgan fingerprint density at radius 3 is 2.15 bits per heavy atom. The maximum Gasteiger partial charge on any atom is 0.129 e. The molecular weight excluding hydrogens is 319 g/mol. The normalized spacial score (nSPS) is 12.2. The lowest BCUT2D eigenvalue weighted by molar-refractivity contribution is 0.414. The maximum atomic E-state index is 13.7. The Balaban J connectivity index is 2.16. The van der Waals surface area contributed by atoms with Crippen LogP contribution in [0.2, 0.25) is 0 Å². The number of benzene rings is 2. The van der Waals surface area contributed by atoms with E-state index in [4.69, 9.17) is 4.74 Å². The summed E-state index contributed by atoms with van der Waals surface area (Å²) in [5.74, 6) is 0.742. The molecule has 0 aliphatic heterocycles. The molecule has 0 N–H and O–H groups in total. The van der Waals surface area contributed by atoms with Crippen LogP contribution in [0, 0.1) is 19.7 Å². The summed E-state index contributed by atoms with van der Waals surface area (Å²) in [4.78, 5) is 0.175. The molecule has 0 aromatic heterocycles. The molecular formula is C17H18BrFO. The van der Waals surface area contributed by atoms with Crippen molar-refractivity contribution in [2.24, 2.45) is 0 Å². The fourth-order valence-corrected chi connectivity index (χ4v) is 2.88. The zero-order chi connectivity index (χ0) is 14.7. The zero-order valence-corrected chi connectivity index (χ0v) is 13.5. The highest BCUT2D eigenvalue weighted by Crippen LogP contribution is 2.30. The van der Waals surface area contributed by atoms with Crippen LogP contribution >= 0.6 is 15.9 Å². The second-order valence-electron chi connectivity index (χ2n) is 4.99. The molecule has 0 bridgehead atoms. The predicted octanol–water partition coefficient (Wildman–Crippen LogP) is 5.13. The van der Waals surface area contributed by atoms with Crippen molar-refractivity contribution in [3.05, 3.63) is 64.5 Å². The number of aryl methyl sites for hydroxylation is 2. The van der Waals surface area contributed by atoms with E-state index in [9.17, 15) is 4.39 Å². The summed E-state index contributed by atoms with van der Waals surface area (Å²) in [5.41, 5.74) is 3.71. The van der Waals surface area contributed by atoms with Crippen LogP contribution in [0.3, 0.4) is 0 Å². The standard InChI is InChI=1S/C17H18BrFO/c1-11-8-14(9-12(2)17(11)19)16(18)10-13-4-6-15(20-3)7-5-13/h4-9,16H,10H2,1-3H3. The van der Waals surface area contributed by atoms with E-state index in [2.05, 4.69) is 28.1 Å². The van der Waals surface area contributed by atoms with Gasteiger partial charge in [0.1, 0.15) is 11.6 Å². The van der Waals surface area contributed by atoms with Crippen molar-refractivity contribution in [3.8, 4) is 5.75 Å². The largest absolute Gasteiger partial charge is 0.497 e. The Kier molecular flexibility index (Phi) is 4.81. The zero-order valence-electron chi connectivity index (χ0n) is 11.9. The van der Waals surface area contributed by atoms with Crippen LogP contribution in [0.1, 0.15) is 27.1 Å². The van der Waals surface area contributed by atoms with E-state index in [1.54, 1.807) is 21.0 Å². The van der Waals surface area contributed by atoms with Gasteiger partial charge >= 0.3 is 0 Å². The molecule has 1 unspecified atom stereocenters. The monoisotopic (exact) mass is 336 g/mol. The van der Waals surface area contributed by atoms with Gasteiger partial charge in [0, 0.05) is 4.83 Å². The minimum atomic E-state index is -0.113. The van der Waals surface area contributed by atoms with Crippen molar-refractivity contribution in [2.75, 3.05) is 7.11 Å². The minimum absolute atomic E-state index is 0.113. The minimum Gasteiger partial charge on any atom is -0.497 e. The summed E-state index contributed by atoms with van der Waals surface area (Å²) in [6.07, 6.45) is 0.856. The van der Waals surface area contributed by atoms with Crippen LogP contribution in [0.15, 0.2) is 36.4 Å². The summed E-state index contributed by atoms with van der Waals surface area (Å²) in [7, 11) is 1.66. The number of hydrogen-bond donors (Lipinski definition) is 0. The predicted molar refractivity (Wildman–Crippen MR) is 84.2 cm³/mol. The van der Waals surface area contributed by atoms with Crippen molar-refractivity contribution >= 4 is 15.9 Å². The van der Waals surface area contributed by atoms with Crippen LogP contribution in [0.25, 0.3) is 0 Å². The molecule has 0 heterocycles. The molecule has 0 radical (unpaired) electrons. The molecule has 2 aromatic carbocycles. The van der Waals surface area contributed by atoms with E-state index in [1.807, 2.05) is 24.3 Å². The van der Waals surface area contributed by atoms with Gasteiger partial charge in [-0.2, -0.15) is 0 Å². The molecule has 1 nitrogen and oxygen atoms in total. The van der Waals surface area contributed by atoms with Crippen LogP contribution in [-0.2, 0) is 6.42 Å². The Bertz CT molecular complexity index is 569. The first kappa shape index (κ1) is 15.0. The van der Waals surface area contributed by atoms with Gasteiger partial charge in [-0.1, -0.05) is 40.2 Å². The van der Waals surface area contributed by atoms with E-state index in [0.717, 1.165) is 17.7 Å². The lowest BCUT2D eigenvalue weighted by Crippen LogP contribution is -1.99. The highest BCUT2D eigenvalue weighted by molar-refractivity contribution is 9.09. The SMILES string of the molecule is COc1ccc(CC(Br)c2cc(C)c(F)c(C)c2)cc1. The molecule has 0 aliphatic rings. The third kappa shape index (κ3) is 3.40. The first-order valence-corrected chi connectivity index (χ1v) is 7.46. The molecule has 1 atom stereocenters. The average Bonchev–Trinajstić information content (AvgIpc) is 2.45. The second kappa shape index (κ2) is 6.40. The Morgan fingerprint density at radius 1 is 1.10 bits per heavy atom. The quantitative estimate of drug-likeness (QED) is 0.703. The number of alkyl halides is 1. The number of halogens is 2. The molecule has 0 spiro atoms. The fraction of sp³-hybridized carbons (Fsp3) is 0.294. The van der Waals surface area contributed by atoms with Gasteiger partial charge in [-0.05, 0) is 54.7 Å². The van der Waals surface area contributed by atoms with Crippen molar-refractivity contribution in [2.45, 2.75) is 25.1 Å². The van der Waals surface area contributed by atoms with Crippen molar-refractivity contribution in [3.63, 3.8) is 0 Å². The Hall–Kier alpha value is -1.35. The lowest BCUT2D eigenvalue weighted by atomic mass is 10.00. The molecule has 0 saturated heterocycles. The molecule has 2 aromatic rings. The first-order valence-electron chi connectivity index (χ1n) is 6.55. The molecule has 0 aliphatic carbocycles. The smallest absolute Gasteiger partial charge is 0.129 e. The number of methoxy groups -OCH3 is 1. The first-order chi connectivity index (χ1) is 9.51. The molecule has 0 saturated carbocycles. The van der Waals surface area contributed by atoms with Crippen molar-refractivity contribution in [1.29, 1.82) is 0 Å². The molecule has 20 heavy (non-hydrogen) atoms. The van der Waals surface area contributed by atoms with Gasteiger partial charge in [-0.3, -0.25) is 0 Å². The fourth-order valence-electron chi connectivity index (χ4n) is 2.25. The third-order valence-electron chi connectivity index (χ3n) is 3.39. The number of ether oxygens (including phenoxy) is 1. The number of hydrogen-bond acceptors (Lipinski definition) is 1. The second-order valence-corrected chi connectivity index (χ2v) is 6.09. The van der Waals surface area contributed by atoms with Crippen molar-refractivity contribution < 1.29 is 9.13 Å². The van der Waals surface area contributed by atoms with E-state index >= 15 is 0 Å². The van der Waals surface area contributed by atoms with E-state index in [-0.39, 0.29) is 10.6 Å². The highest BCUT2D eigenvalue weighted by atomic mass is 79.9. The summed E-state index contributed by atoms with van der Waals surface area (Å²) in [5, 5.41) is 0. The molecule has 106 valence electrons. The molecule has 2 rings (SSSR count). The topological polar surface area (TPSA) is 9.23 Å². The van der Waals surface area contributed by atoms with Gasteiger partial charge in [-0.25, -0.2) is 4.39 Å². The van der Waals surface area contributed by atoms with Gasteiger partial charge < -0.3 is 4.74 Å². The van der Waals surface area contributed by atoms with Crippen LogP contribution in [-0.4, -0.2) is 7.11 Å². The lowest BCUT2D eigenvalue weighted by Gasteiger charge is -2.13. The Labute approximate surface area is 127 Å². The number of rotatable bonds is 4. The van der Waals surface area contributed by atoms with Gasteiger partial charge in [0.05, 0.1) is 7.11 Å². The molecule has 0 fully saturated rings. The molecule has 3 heteroatoms. The summed E-state index contributed by atoms with van der Waals surface area (Å²) in [6.45, 7) is 3.61.